The van der Waals surface area contributed by atoms with Crippen LogP contribution in [-0.4, -0.2) is 11.8 Å². The highest BCUT2D eigenvalue weighted by atomic mass is 16.5. The van der Waals surface area contributed by atoms with E-state index in [-0.39, 0.29) is 23.4 Å². The molecule has 1 heterocycles. The molecule has 4 heteroatoms. The second kappa shape index (κ2) is 7.18. The standard InChI is InChI=1S/C21H18O4/c1-14(2)21(23)24-16-11-12-17-19(13-16)25-18(20(17)22)10-6-9-15-7-4-3-5-8-15/h3-14H,1-2H3/b9-6+,18-10-. The zero-order chi connectivity index (χ0) is 17.8. The maximum Gasteiger partial charge on any atom is 0.313 e. The summed E-state index contributed by atoms with van der Waals surface area (Å²) < 4.78 is 10.9. The molecule has 0 amide bonds. The van der Waals surface area contributed by atoms with Gasteiger partial charge in [-0.15, -0.1) is 0 Å². The van der Waals surface area contributed by atoms with Crippen molar-refractivity contribution in [2.75, 3.05) is 0 Å². The summed E-state index contributed by atoms with van der Waals surface area (Å²) in [7, 11) is 0. The second-order valence-electron chi connectivity index (χ2n) is 5.97. The number of esters is 1. The molecular formula is C21H18O4. The topological polar surface area (TPSA) is 52.6 Å². The lowest BCUT2D eigenvalue weighted by Gasteiger charge is -2.07. The lowest BCUT2D eigenvalue weighted by Crippen LogP contribution is -2.14. The van der Waals surface area contributed by atoms with Gasteiger partial charge in [-0.25, -0.2) is 0 Å². The Morgan fingerprint density at radius 1 is 1.12 bits per heavy atom. The Morgan fingerprint density at radius 3 is 2.60 bits per heavy atom. The largest absolute Gasteiger partial charge is 0.452 e. The summed E-state index contributed by atoms with van der Waals surface area (Å²) >= 11 is 0. The van der Waals surface area contributed by atoms with Crippen LogP contribution >= 0.6 is 0 Å². The van der Waals surface area contributed by atoms with Crippen molar-refractivity contribution in [2.45, 2.75) is 13.8 Å². The summed E-state index contributed by atoms with van der Waals surface area (Å²) in [4.78, 5) is 24.0. The molecule has 0 radical (unpaired) electrons. The number of carbonyl (C=O) groups excluding carboxylic acids is 2. The van der Waals surface area contributed by atoms with Crippen molar-refractivity contribution in [3.05, 3.63) is 77.6 Å². The first kappa shape index (κ1) is 16.7. The van der Waals surface area contributed by atoms with Gasteiger partial charge in [0.05, 0.1) is 11.5 Å². The molecule has 0 aromatic heterocycles. The number of benzene rings is 2. The van der Waals surface area contributed by atoms with E-state index in [1.54, 1.807) is 44.2 Å². The van der Waals surface area contributed by atoms with Crippen LogP contribution in [-0.2, 0) is 4.79 Å². The van der Waals surface area contributed by atoms with Crippen molar-refractivity contribution in [2.24, 2.45) is 5.92 Å². The van der Waals surface area contributed by atoms with E-state index in [4.69, 9.17) is 9.47 Å². The number of allylic oxidation sites excluding steroid dienone is 3. The Hall–Kier alpha value is -3.14. The van der Waals surface area contributed by atoms with Crippen LogP contribution in [0.5, 0.6) is 11.5 Å². The number of ether oxygens (including phenoxy) is 2. The maximum absolute atomic E-state index is 12.3. The summed E-state index contributed by atoms with van der Waals surface area (Å²) in [5, 5.41) is 0. The number of ketones is 1. The fourth-order valence-corrected chi connectivity index (χ4v) is 2.29. The van der Waals surface area contributed by atoms with Crippen LogP contribution in [0, 0.1) is 5.92 Å². The van der Waals surface area contributed by atoms with Crippen LogP contribution in [0.1, 0.15) is 29.8 Å². The highest BCUT2D eigenvalue weighted by Crippen LogP contribution is 2.34. The number of hydrogen-bond donors (Lipinski definition) is 0. The van der Waals surface area contributed by atoms with Crippen molar-refractivity contribution in [3.8, 4) is 11.5 Å². The highest BCUT2D eigenvalue weighted by Gasteiger charge is 2.27. The summed E-state index contributed by atoms with van der Waals surface area (Å²) in [6.45, 7) is 3.52. The summed E-state index contributed by atoms with van der Waals surface area (Å²) in [5.41, 5.74) is 1.49. The molecule has 0 saturated carbocycles. The van der Waals surface area contributed by atoms with E-state index >= 15 is 0 Å². The summed E-state index contributed by atoms with van der Waals surface area (Å²) in [6, 6.07) is 14.5. The minimum absolute atomic E-state index is 0.186. The monoisotopic (exact) mass is 334 g/mol. The molecule has 1 aliphatic rings. The van der Waals surface area contributed by atoms with Crippen molar-refractivity contribution in [1.29, 1.82) is 0 Å². The van der Waals surface area contributed by atoms with Gasteiger partial charge in [0.25, 0.3) is 0 Å². The molecule has 25 heavy (non-hydrogen) atoms. The van der Waals surface area contributed by atoms with Crippen LogP contribution in [0.2, 0.25) is 0 Å². The van der Waals surface area contributed by atoms with E-state index in [0.717, 1.165) is 5.56 Å². The van der Waals surface area contributed by atoms with Crippen LogP contribution in [0.25, 0.3) is 6.08 Å². The molecular weight excluding hydrogens is 316 g/mol. The van der Waals surface area contributed by atoms with Gasteiger partial charge in [0, 0.05) is 6.07 Å². The zero-order valence-electron chi connectivity index (χ0n) is 14.1. The average Bonchev–Trinajstić information content (AvgIpc) is 2.91. The molecule has 0 atom stereocenters. The maximum atomic E-state index is 12.3. The van der Waals surface area contributed by atoms with Gasteiger partial charge in [0.2, 0.25) is 5.78 Å². The third kappa shape index (κ3) is 3.86. The summed E-state index contributed by atoms with van der Waals surface area (Å²) in [6.07, 6.45) is 5.30. The Kier molecular flexibility index (Phi) is 4.80. The van der Waals surface area contributed by atoms with Crippen molar-refractivity contribution in [1.82, 2.24) is 0 Å². The number of rotatable bonds is 4. The summed E-state index contributed by atoms with van der Waals surface area (Å²) in [5.74, 6) is 0.272. The third-order valence-corrected chi connectivity index (χ3v) is 3.67. The fraction of sp³-hybridized carbons (Fsp3) is 0.143. The van der Waals surface area contributed by atoms with Crippen LogP contribution in [0.15, 0.2) is 66.4 Å². The zero-order valence-corrected chi connectivity index (χ0v) is 14.1. The van der Waals surface area contributed by atoms with E-state index in [9.17, 15) is 9.59 Å². The molecule has 2 aromatic rings. The molecule has 0 aliphatic carbocycles. The Balaban J connectivity index is 1.75. The molecule has 0 N–H and O–H groups in total. The lowest BCUT2D eigenvalue weighted by atomic mass is 10.1. The Morgan fingerprint density at radius 2 is 1.88 bits per heavy atom. The van der Waals surface area contributed by atoms with E-state index in [1.807, 2.05) is 36.4 Å². The lowest BCUT2D eigenvalue weighted by molar-refractivity contribution is -0.137. The first-order valence-corrected chi connectivity index (χ1v) is 8.06. The Bertz CT molecular complexity index is 861. The number of carbonyl (C=O) groups is 2. The normalized spacial score (nSPS) is 14.8. The van der Waals surface area contributed by atoms with Gasteiger partial charge in [-0.2, -0.15) is 0 Å². The fourth-order valence-electron chi connectivity index (χ4n) is 2.29. The molecule has 0 saturated heterocycles. The third-order valence-electron chi connectivity index (χ3n) is 3.67. The van der Waals surface area contributed by atoms with Gasteiger partial charge in [0.15, 0.2) is 5.76 Å². The van der Waals surface area contributed by atoms with Crippen molar-refractivity contribution < 1.29 is 19.1 Å². The minimum atomic E-state index is -0.328. The van der Waals surface area contributed by atoms with Crippen LogP contribution in [0.3, 0.4) is 0 Å². The first-order valence-electron chi connectivity index (χ1n) is 8.06. The molecule has 126 valence electrons. The minimum Gasteiger partial charge on any atom is -0.452 e. The molecule has 2 aromatic carbocycles. The smallest absolute Gasteiger partial charge is 0.313 e. The molecule has 0 unspecified atom stereocenters. The van der Waals surface area contributed by atoms with Crippen LogP contribution < -0.4 is 9.47 Å². The SMILES string of the molecule is CC(C)C(=O)Oc1ccc2c(c1)O/C(=C\C=C\c1ccccc1)C2=O. The van der Waals surface area contributed by atoms with Gasteiger partial charge in [-0.05, 0) is 23.8 Å². The first-order chi connectivity index (χ1) is 12.0. The second-order valence-corrected chi connectivity index (χ2v) is 5.97. The van der Waals surface area contributed by atoms with Crippen molar-refractivity contribution in [3.63, 3.8) is 0 Å². The number of hydrogen-bond acceptors (Lipinski definition) is 4. The van der Waals surface area contributed by atoms with Gasteiger partial charge in [-0.1, -0.05) is 56.3 Å². The predicted molar refractivity (Wildman–Crippen MR) is 95.4 cm³/mol. The van der Waals surface area contributed by atoms with Crippen molar-refractivity contribution >= 4 is 17.8 Å². The average molecular weight is 334 g/mol. The van der Waals surface area contributed by atoms with E-state index in [1.165, 1.54) is 0 Å². The number of Topliss-reactive ketones (excluding diaryl/α,β-unsaturated/α-hetero) is 1. The molecule has 0 bridgehead atoms. The Labute approximate surface area is 146 Å². The molecule has 4 nitrogen and oxygen atoms in total. The van der Waals surface area contributed by atoms with E-state index < -0.39 is 0 Å². The van der Waals surface area contributed by atoms with E-state index in [2.05, 4.69) is 0 Å². The molecule has 1 aliphatic heterocycles. The van der Waals surface area contributed by atoms with Gasteiger partial charge in [0.1, 0.15) is 11.5 Å². The predicted octanol–water partition coefficient (Wildman–Crippen LogP) is 4.42. The van der Waals surface area contributed by atoms with Gasteiger partial charge < -0.3 is 9.47 Å². The highest BCUT2D eigenvalue weighted by molar-refractivity contribution is 6.12. The van der Waals surface area contributed by atoms with Gasteiger partial charge >= 0.3 is 5.97 Å². The molecule has 0 fully saturated rings. The number of fused-ring (bicyclic) bond motifs is 1. The quantitative estimate of drug-likeness (QED) is 0.472. The van der Waals surface area contributed by atoms with Gasteiger partial charge in [-0.3, -0.25) is 9.59 Å². The molecule has 3 rings (SSSR count). The van der Waals surface area contributed by atoms with E-state index in [0.29, 0.717) is 17.1 Å². The van der Waals surface area contributed by atoms with Crippen LogP contribution in [0.4, 0.5) is 0 Å². The molecule has 0 spiro atoms.